The van der Waals surface area contributed by atoms with Crippen molar-refractivity contribution in [3.63, 3.8) is 0 Å². The Kier molecular flexibility index (Phi) is 3.14. The molecular weight excluding hydrogens is 252 g/mol. The minimum atomic E-state index is -0.978. The van der Waals surface area contributed by atoms with E-state index in [0.29, 0.717) is 5.75 Å². The molecular formula is C17H18O3. The summed E-state index contributed by atoms with van der Waals surface area (Å²) < 4.78 is 10.9. The zero-order valence-corrected chi connectivity index (χ0v) is 11.7. The molecule has 0 amide bonds. The van der Waals surface area contributed by atoms with Gasteiger partial charge in [0.1, 0.15) is 11.5 Å². The zero-order valence-electron chi connectivity index (χ0n) is 11.7. The highest BCUT2D eigenvalue weighted by Crippen LogP contribution is 2.33. The van der Waals surface area contributed by atoms with E-state index >= 15 is 0 Å². The summed E-state index contributed by atoms with van der Waals surface area (Å²) in [6.45, 7) is 4.48. The number of ether oxygens (including phenoxy) is 2. The molecule has 20 heavy (non-hydrogen) atoms. The third-order valence-electron chi connectivity index (χ3n) is 3.82. The van der Waals surface area contributed by atoms with Gasteiger partial charge in [-0.3, -0.25) is 0 Å². The minimum Gasteiger partial charge on any atom is -0.487 e. The fourth-order valence-corrected chi connectivity index (χ4v) is 2.44. The van der Waals surface area contributed by atoms with Crippen molar-refractivity contribution in [2.24, 2.45) is 0 Å². The van der Waals surface area contributed by atoms with Gasteiger partial charge >= 0.3 is 0 Å². The van der Waals surface area contributed by atoms with E-state index in [0.717, 1.165) is 5.75 Å². The van der Waals surface area contributed by atoms with Crippen LogP contribution in [0.5, 0.6) is 11.5 Å². The molecule has 0 saturated heterocycles. The van der Waals surface area contributed by atoms with Gasteiger partial charge in [0.15, 0.2) is 6.61 Å². The van der Waals surface area contributed by atoms with Gasteiger partial charge in [-0.2, -0.15) is 0 Å². The maximum Gasteiger partial charge on any atom is 0.231 e. The van der Waals surface area contributed by atoms with Crippen LogP contribution in [-0.2, 0) is 5.41 Å². The van der Waals surface area contributed by atoms with Crippen molar-refractivity contribution in [2.75, 3.05) is 6.61 Å². The first-order valence-electron chi connectivity index (χ1n) is 6.74. The summed E-state index contributed by atoms with van der Waals surface area (Å²) in [5.74, 6) is 1.37. The van der Waals surface area contributed by atoms with Gasteiger partial charge in [-0.25, -0.2) is 0 Å². The molecule has 0 aliphatic carbocycles. The number of hydrogen-bond acceptors (Lipinski definition) is 3. The van der Waals surface area contributed by atoms with Crippen LogP contribution in [0.4, 0.5) is 0 Å². The van der Waals surface area contributed by atoms with E-state index < -0.39 is 6.29 Å². The molecule has 4 heterocycles. The van der Waals surface area contributed by atoms with Crippen molar-refractivity contribution < 1.29 is 14.6 Å². The lowest BCUT2D eigenvalue weighted by Gasteiger charge is -2.26. The fraction of sp³-hybridized carbons (Fsp3) is 0.294. The van der Waals surface area contributed by atoms with Crippen molar-refractivity contribution in [3.05, 3.63) is 59.7 Å². The Bertz CT molecular complexity index is 585. The Morgan fingerprint density at radius 3 is 1.95 bits per heavy atom. The van der Waals surface area contributed by atoms with Crippen molar-refractivity contribution >= 4 is 0 Å². The Balaban J connectivity index is 2.09. The Hall–Kier alpha value is -2.00. The van der Waals surface area contributed by atoms with Crippen molar-refractivity contribution in [2.45, 2.75) is 25.6 Å². The predicted molar refractivity (Wildman–Crippen MR) is 77.1 cm³/mol. The Morgan fingerprint density at radius 2 is 1.40 bits per heavy atom. The van der Waals surface area contributed by atoms with E-state index in [-0.39, 0.29) is 12.0 Å². The number of aliphatic hydroxyl groups excluding tert-OH is 1. The van der Waals surface area contributed by atoms with Crippen molar-refractivity contribution in [1.82, 2.24) is 0 Å². The average molecular weight is 270 g/mol. The molecule has 0 saturated carbocycles. The van der Waals surface area contributed by atoms with E-state index in [1.165, 1.54) is 11.1 Å². The van der Waals surface area contributed by atoms with Gasteiger partial charge in [-0.05, 0) is 35.4 Å². The monoisotopic (exact) mass is 270 g/mol. The van der Waals surface area contributed by atoms with Crippen molar-refractivity contribution in [3.8, 4) is 11.5 Å². The van der Waals surface area contributed by atoms with Crippen LogP contribution in [0.1, 0.15) is 25.0 Å². The number of hydrogen-bond donors (Lipinski definition) is 1. The molecule has 1 atom stereocenters. The molecule has 1 N–H and O–H groups in total. The van der Waals surface area contributed by atoms with Crippen LogP contribution < -0.4 is 9.47 Å². The van der Waals surface area contributed by atoms with Crippen LogP contribution >= 0.6 is 0 Å². The molecule has 2 aromatic carbocycles. The molecule has 0 aromatic heterocycles. The van der Waals surface area contributed by atoms with E-state index in [1.807, 2.05) is 36.4 Å². The number of benzene rings is 2. The second-order valence-electron chi connectivity index (χ2n) is 5.56. The molecule has 3 nitrogen and oxygen atoms in total. The third-order valence-corrected chi connectivity index (χ3v) is 3.82. The molecule has 6 rings (SSSR count). The highest BCUT2D eigenvalue weighted by Gasteiger charge is 2.23. The van der Waals surface area contributed by atoms with E-state index in [1.54, 1.807) is 0 Å². The van der Waals surface area contributed by atoms with E-state index in [4.69, 9.17) is 9.47 Å². The smallest absolute Gasteiger partial charge is 0.231 e. The SMILES string of the molecule is CC1(C)c2ccc(cc2)OCC(O)Oc2ccc1cc2. The summed E-state index contributed by atoms with van der Waals surface area (Å²) in [4.78, 5) is 0. The average Bonchev–Trinajstić information content (AvgIpc) is 2.47. The molecule has 104 valence electrons. The summed E-state index contributed by atoms with van der Waals surface area (Å²) in [5.41, 5.74) is 2.33. The fourth-order valence-electron chi connectivity index (χ4n) is 2.44. The lowest BCUT2D eigenvalue weighted by atomic mass is 9.78. The van der Waals surface area contributed by atoms with Crippen LogP contribution in [0.3, 0.4) is 0 Å². The summed E-state index contributed by atoms with van der Waals surface area (Å²) in [7, 11) is 0. The third kappa shape index (κ3) is 2.37. The first-order valence-corrected chi connectivity index (χ1v) is 6.74. The minimum absolute atomic E-state index is 0.0935. The predicted octanol–water partition coefficient (Wildman–Crippen LogP) is 3.10. The van der Waals surface area contributed by atoms with Crippen molar-refractivity contribution in [1.29, 1.82) is 0 Å². The first-order chi connectivity index (χ1) is 9.55. The molecule has 0 spiro atoms. The van der Waals surface area contributed by atoms with Gasteiger partial charge in [0.05, 0.1) is 0 Å². The highest BCUT2D eigenvalue weighted by atomic mass is 16.6. The first kappa shape index (κ1) is 13.0. The summed E-state index contributed by atoms with van der Waals surface area (Å²) in [6.07, 6.45) is -0.978. The molecule has 1 unspecified atom stereocenters. The second kappa shape index (κ2) is 4.84. The molecule has 4 aliphatic heterocycles. The molecule has 2 aromatic rings. The van der Waals surface area contributed by atoms with Crippen LogP contribution in [0.15, 0.2) is 48.5 Å². The standard InChI is InChI=1S/C17H18O3/c1-17(2)12-3-7-14(8-4-12)19-11-16(18)20-15-9-5-13(17)6-10-15/h3-10,16,18H,11H2,1-2H3. The largest absolute Gasteiger partial charge is 0.487 e. The quantitative estimate of drug-likeness (QED) is 0.799. The van der Waals surface area contributed by atoms with Gasteiger partial charge in [0, 0.05) is 5.41 Å². The van der Waals surface area contributed by atoms with Crippen LogP contribution in [-0.4, -0.2) is 18.0 Å². The molecule has 0 fully saturated rings. The van der Waals surface area contributed by atoms with Crippen LogP contribution in [0, 0.1) is 0 Å². The Morgan fingerprint density at radius 1 is 0.900 bits per heavy atom. The van der Waals surface area contributed by atoms with Gasteiger partial charge < -0.3 is 14.6 Å². The lowest BCUT2D eigenvalue weighted by molar-refractivity contribution is -0.0478. The maximum absolute atomic E-state index is 9.80. The topological polar surface area (TPSA) is 38.7 Å². The lowest BCUT2D eigenvalue weighted by Crippen LogP contribution is -2.24. The van der Waals surface area contributed by atoms with Crippen LogP contribution in [0.2, 0.25) is 0 Å². The molecule has 0 radical (unpaired) electrons. The van der Waals surface area contributed by atoms with Gasteiger partial charge in [0.2, 0.25) is 6.29 Å². The normalized spacial score (nSPS) is 20.2. The second-order valence-corrected chi connectivity index (χ2v) is 5.56. The summed E-state index contributed by atoms with van der Waals surface area (Å²) in [6, 6.07) is 15.8. The summed E-state index contributed by atoms with van der Waals surface area (Å²) >= 11 is 0. The maximum atomic E-state index is 9.80. The molecule has 3 heteroatoms. The van der Waals surface area contributed by atoms with Gasteiger partial charge in [-0.1, -0.05) is 38.1 Å². The van der Waals surface area contributed by atoms with Gasteiger partial charge in [-0.15, -0.1) is 0 Å². The summed E-state index contributed by atoms with van der Waals surface area (Å²) in [5, 5.41) is 9.80. The Labute approximate surface area is 118 Å². The van der Waals surface area contributed by atoms with Gasteiger partial charge in [0.25, 0.3) is 0 Å². The molecule has 4 aliphatic rings. The zero-order chi connectivity index (χ0) is 14.2. The number of aliphatic hydroxyl groups is 1. The number of rotatable bonds is 0. The van der Waals surface area contributed by atoms with Crippen LogP contribution in [0.25, 0.3) is 0 Å². The highest BCUT2D eigenvalue weighted by molar-refractivity contribution is 5.42. The molecule has 4 bridgehead atoms. The van der Waals surface area contributed by atoms with E-state index in [9.17, 15) is 5.11 Å². The van der Waals surface area contributed by atoms with E-state index in [2.05, 4.69) is 26.0 Å².